The fourth-order valence-electron chi connectivity index (χ4n) is 2.66. The van der Waals surface area contributed by atoms with Crippen molar-refractivity contribution in [1.82, 2.24) is 15.2 Å². The van der Waals surface area contributed by atoms with E-state index in [0.717, 1.165) is 19.0 Å². The number of nitrogens with zero attached hydrogens (tertiary/aromatic N) is 2. The lowest BCUT2D eigenvalue weighted by Crippen LogP contribution is -2.44. The fourth-order valence-corrected chi connectivity index (χ4v) is 2.66. The molecule has 3 heteroatoms. The van der Waals surface area contributed by atoms with Crippen LogP contribution >= 0.6 is 0 Å². The molecule has 1 aromatic heterocycles. The molecule has 106 valence electrons. The van der Waals surface area contributed by atoms with Crippen molar-refractivity contribution in [1.29, 1.82) is 0 Å². The van der Waals surface area contributed by atoms with Crippen LogP contribution in [0.25, 0.3) is 0 Å². The van der Waals surface area contributed by atoms with Gasteiger partial charge in [0.25, 0.3) is 0 Å². The van der Waals surface area contributed by atoms with Gasteiger partial charge in [-0.2, -0.15) is 0 Å². The second-order valence-electron chi connectivity index (χ2n) is 6.74. The van der Waals surface area contributed by atoms with Gasteiger partial charge in [0.15, 0.2) is 0 Å². The molecular formula is C16H27N3. The molecule has 1 fully saturated rings. The molecule has 0 bridgehead atoms. The van der Waals surface area contributed by atoms with Gasteiger partial charge < -0.3 is 5.32 Å². The average Bonchev–Trinajstić information content (AvgIpc) is 2.37. The first-order valence-corrected chi connectivity index (χ1v) is 7.39. The van der Waals surface area contributed by atoms with Gasteiger partial charge in [-0.25, -0.2) is 0 Å². The van der Waals surface area contributed by atoms with E-state index in [2.05, 4.69) is 42.0 Å². The van der Waals surface area contributed by atoms with Crippen molar-refractivity contribution in [3.63, 3.8) is 0 Å². The van der Waals surface area contributed by atoms with E-state index in [9.17, 15) is 0 Å². The first-order valence-electron chi connectivity index (χ1n) is 7.39. The van der Waals surface area contributed by atoms with Crippen molar-refractivity contribution in [3.8, 4) is 0 Å². The van der Waals surface area contributed by atoms with E-state index in [1.807, 2.05) is 18.5 Å². The third-order valence-electron chi connectivity index (χ3n) is 3.65. The van der Waals surface area contributed by atoms with Crippen molar-refractivity contribution in [3.05, 3.63) is 30.1 Å². The Morgan fingerprint density at radius 3 is 2.95 bits per heavy atom. The summed E-state index contributed by atoms with van der Waals surface area (Å²) in [5, 5.41) is 3.64. The van der Waals surface area contributed by atoms with Gasteiger partial charge in [-0.05, 0) is 64.3 Å². The highest BCUT2D eigenvalue weighted by Gasteiger charge is 2.21. The predicted molar refractivity (Wildman–Crippen MR) is 80.0 cm³/mol. The summed E-state index contributed by atoms with van der Waals surface area (Å²) >= 11 is 0. The summed E-state index contributed by atoms with van der Waals surface area (Å²) in [5.74, 6) is 0.782. The second kappa shape index (κ2) is 6.49. The van der Waals surface area contributed by atoms with Crippen molar-refractivity contribution in [2.45, 2.75) is 45.7 Å². The van der Waals surface area contributed by atoms with E-state index < -0.39 is 0 Å². The standard InChI is InChI=1S/C16H27N3/c1-16(2,3)18-11-15-7-5-9-19(13-15)12-14-6-4-8-17-10-14/h4,6,8,10,15,18H,5,7,9,11-13H2,1-3H3. The largest absolute Gasteiger partial charge is 0.312 e. The third kappa shape index (κ3) is 5.29. The fraction of sp³-hybridized carbons (Fsp3) is 0.688. The lowest BCUT2D eigenvalue weighted by molar-refractivity contribution is 0.159. The molecule has 1 N–H and O–H groups in total. The number of hydrogen-bond donors (Lipinski definition) is 1. The van der Waals surface area contributed by atoms with Crippen LogP contribution in [0.2, 0.25) is 0 Å². The van der Waals surface area contributed by atoms with Gasteiger partial charge in [-0.15, -0.1) is 0 Å². The van der Waals surface area contributed by atoms with Crippen LogP contribution in [0.3, 0.4) is 0 Å². The van der Waals surface area contributed by atoms with Crippen molar-refractivity contribution < 1.29 is 0 Å². The van der Waals surface area contributed by atoms with Crippen LogP contribution in [0.15, 0.2) is 24.5 Å². The first kappa shape index (κ1) is 14.5. The number of nitrogens with one attached hydrogen (secondary N) is 1. The van der Waals surface area contributed by atoms with Gasteiger partial charge in [0.2, 0.25) is 0 Å². The van der Waals surface area contributed by atoms with Gasteiger partial charge in [0, 0.05) is 31.0 Å². The minimum atomic E-state index is 0.228. The highest BCUT2D eigenvalue weighted by molar-refractivity contribution is 5.08. The van der Waals surface area contributed by atoms with E-state index in [4.69, 9.17) is 0 Å². The van der Waals surface area contributed by atoms with Crippen molar-refractivity contribution in [2.75, 3.05) is 19.6 Å². The van der Waals surface area contributed by atoms with Crippen LogP contribution in [0, 0.1) is 5.92 Å². The van der Waals surface area contributed by atoms with Crippen molar-refractivity contribution >= 4 is 0 Å². The molecule has 2 heterocycles. The smallest absolute Gasteiger partial charge is 0.0312 e. The summed E-state index contributed by atoms with van der Waals surface area (Å²) < 4.78 is 0. The molecule has 19 heavy (non-hydrogen) atoms. The Morgan fingerprint density at radius 1 is 1.42 bits per heavy atom. The third-order valence-corrected chi connectivity index (χ3v) is 3.65. The number of likely N-dealkylation sites (tertiary alicyclic amines) is 1. The molecule has 1 aliphatic heterocycles. The van der Waals surface area contributed by atoms with Gasteiger partial charge in [0.1, 0.15) is 0 Å². The molecule has 2 rings (SSSR count). The summed E-state index contributed by atoms with van der Waals surface area (Å²) in [6.07, 6.45) is 6.50. The zero-order valence-corrected chi connectivity index (χ0v) is 12.5. The second-order valence-corrected chi connectivity index (χ2v) is 6.74. The van der Waals surface area contributed by atoms with E-state index in [1.165, 1.54) is 31.5 Å². The predicted octanol–water partition coefficient (Wildman–Crippen LogP) is 2.68. The average molecular weight is 261 g/mol. The Kier molecular flexibility index (Phi) is 4.94. The maximum Gasteiger partial charge on any atom is 0.0312 e. The van der Waals surface area contributed by atoms with Gasteiger partial charge in [-0.3, -0.25) is 9.88 Å². The maximum absolute atomic E-state index is 4.20. The van der Waals surface area contributed by atoms with Crippen LogP contribution in [0.1, 0.15) is 39.2 Å². The monoisotopic (exact) mass is 261 g/mol. The number of hydrogen-bond acceptors (Lipinski definition) is 3. The summed E-state index contributed by atoms with van der Waals surface area (Å²) in [4.78, 5) is 6.76. The first-order chi connectivity index (χ1) is 9.03. The number of pyridine rings is 1. The summed E-state index contributed by atoms with van der Waals surface area (Å²) in [6.45, 7) is 11.3. The van der Waals surface area contributed by atoms with Crippen molar-refractivity contribution in [2.24, 2.45) is 5.92 Å². The van der Waals surface area contributed by atoms with Crippen LogP contribution in [-0.2, 0) is 6.54 Å². The number of aromatic nitrogens is 1. The molecule has 0 saturated carbocycles. The Morgan fingerprint density at radius 2 is 2.26 bits per heavy atom. The summed E-state index contributed by atoms with van der Waals surface area (Å²) in [6, 6.07) is 4.20. The Bertz CT molecular complexity index is 369. The van der Waals surface area contributed by atoms with Gasteiger partial charge in [0.05, 0.1) is 0 Å². The number of rotatable bonds is 4. The SMILES string of the molecule is CC(C)(C)NCC1CCCN(Cc2cccnc2)C1. The van der Waals surface area contributed by atoms with E-state index in [1.54, 1.807) is 0 Å². The molecule has 0 aromatic carbocycles. The Balaban J connectivity index is 1.80. The summed E-state index contributed by atoms with van der Waals surface area (Å²) in [5.41, 5.74) is 1.55. The normalized spacial score (nSPS) is 21.5. The highest BCUT2D eigenvalue weighted by Crippen LogP contribution is 2.18. The zero-order chi connectivity index (χ0) is 13.7. The summed E-state index contributed by atoms with van der Waals surface area (Å²) in [7, 11) is 0. The molecule has 1 unspecified atom stereocenters. The molecule has 0 aliphatic carbocycles. The maximum atomic E-state index is 4.20. The van der Waals surface area contributed by atoms with Crippen LogP contribution in [0.5, 0.6) is 0 Å². The lowest BCUT2D eigenvalue weighted by Gasteiger charge is -2.34. The minimum Gasteiger partial charge on any atom is -0.312 e. The quantitative estimate of drug-likeness (QED) is 0.903. The Hall–Kier alpha value is -0.930. The molecule has 1 aliphatic rings. The van der Waals surface area contributed by atoms with Crippen LogP contribution < -0.4 is 5.32 Å². The van der Waals surface area contributed by atoms with Gasteiger partial charge in [-0.1, -0.05) is 6.07 Å². The topological polar surface area (TPSA) is 28.2 Å². The Labute approximate surface area is 117 Å². The molecule has 1 aromatic rings. The molecular weight excluding hydrogens is 234 g/mol. The van der Waals surface area contributed by atoms with E-state index in [0.29, 0.717) is 0 Å². The molecule has 0 radical (unpaired) electrons. The highest BCUT2D eigenvalue weighted by atomic mass is 15.1. The molecule has 3 nitrogen and oxygen atoms in total. The zero-order valence-electron chi connectivity index (χ0n) is 12.5. The van der Waals surface area contributed by atoms with Crippen LogP contribution in [-0.4, -0.2) is 35.1 Å². The lowest BCUT2D eigenvalue weighted by atomic mass is 9.96. The van der Waals surface area contributed by atoms with E-state index >= 15 is 0 Å². The molecule has 0 spiro atoms. The minimum absolute atomic E-state index is 0.228. The molecule has 1 saturated heterocycles. The number of piperidine rings is 1. The van der Waals surface area contributed by atoms with Crippen LogP contribution in [0.4, 0.5) is 0 Å². The molecule has 0 amide bonds. The van der Waals surface area contributed by atoms with Gasteiger partial charge >= 0.3 is 0 Å². The van der Waals surface area contributed by atoms with E-state index in [-0.39, 0.29) is 5.54 Å². The molecule has 1 atom stereocenters.